The van der Waals surface area contributed by atoms with Gasteiger partial charge in [-0.15, -0.1) is 11.3 Å². The highest BCUT2D eigenvalue weighted by Crippen LogP contribution is 2.24. The number of nitriles is 1. The Morgan fingerprint density at radius 1 is 1.31 bits per heavy atom. The van der Waals surface area contributed by atoms with Gasteiger partial charge in [-0.05, 0) is 47.9 Å². The molecule has 7 heteroatoms. The number of anilines is 1. The number of benzene rings is 2. The Labute approximate surface area is 178 Å². The quantitative estimate of drug-likeness (QED) is 0.434. The molecule has 0 aliphatic rings. The minimum Gasteiger partial charge on any atom is -0.497 e. The van der Waals surface area contributed by atoms with Gasteiger partial charge in [-0.1, -0.05) is 35.9 Å². The Kier molecular flexibility index (Phi) is 6.65. The second-order valence-electron chi connectivity index (χ2n) is 6.29. The standard InChI is InChI=1S/C22H18ClN3O2S/c1-14-3-4-16(11-20(14)23)10-19-13-25-22(29-19)26-21(27)17(12-24)9-15-5-7-18(28-2)8-6-15/h3-9,11,13H,10H2,1-2H3,(H,25,26,27)/b17-9+. The van der Waals surface area contributed by atoms with Crippen LogP contribution in [-0.2, 0) is 11.2 Å². The number of aryl methyl sites for hydroxylation is 1. The van der Waals surface area contributed by atoms with Crippen molar-refractivity contribution in [3.05, 3.63) is 80.8 Å². The fourth-order valence-corrected chi connectivity index (χ4v) is 3.62. The summed E-state index contributed by atoms with van der Waals surface area (Å²) in [4.78, 5) is 17.7. The number of amides is 1. The van der Waals surface area contributed by atoms with Gasteiger partial charge in [0.2, 0.25) is 0 Å². The zero-order valence-corrected chi connectivity index (χ0v) is 17.5. The Morgan fingerprint density at radius 2 is 2.07 bits per heavy atom. The van der Waals surface area contributed by atoms with Crippen molar-refractivity contribution in [2.45, 2.75) is 13.3 Å². The molecule has 0 fully saturated rings. The summed E-state index contributed by atoms with van der Waals surface area (Å²) >= 11 is 7.54. The van der Waals surface area contributed by atoms with E-state index >= 15 is 0 Å². The van der Waals surface area contributed by atoms with Crippen LogP contribution < -0.4 is 10.1 Å². The van der Waals surface area contributed by atoms with Crippen LogP contribution in [0.3, 0.4) is 0 Å². The van der Waals surface area contributed by atoms with Crippen LogP contribution in [0, 0.1) is 18.3 Å². The van der Waals surface area contributed by atoms with Gasteiger partial charge in [-0.3, -0.25) is 10.1 Å². The number of ether oxygens (including phenoxy) is 1. The molecular weight excluding hydrogens is 406 g/mol. The van der Waals surface area contributed by atoms with E-state index in [0.717, 1.165) is 26.6 Å². The molecule has 1 amide bonds. The second kappa shape index (κ2) is 9.37. The van der Waals surface area contributed by atoms with Crippen LogP contribution in [0.5, 0.6) is 5.75 Å². The zero-order valence-electron chi connectivity index (χ0n) is 15.9. The van der Waals surface area contributed by atoms with Gasteiger partial charge >= 0.3 is 0 Å². The van der Waals surface area contributed by atoms with Gasteiger partial charge in [0, 0.05) is 22.5 Å². The smallest absolute Gasteiger partial charge is 0.268 e. The fraction of sp³-hybridized carbons (Fsp3) is 0.136. The van der Waals surface area contributed by atoms with Crippen LogP contribution in [0.25, 0.3) is 6.08 Å². The lowest BCUT2D eigenvalue weighted by molar-refractivity contribution is -0.112. The average Bonchev–Trinajstić information content (AvgIpc) is 3.16. The van der Waals surface area contributed by atoms with E-state index in [9.17, 15) is 10.1 Å². The first-order valence-corrected chi connectivity index (χ1v) is 9.95. The summed E-state index contributed by atoms with van der Waals surface area (Å²) in [5, 5.41) is 13.2. The fourth-order valence-electron chi connectivity index (χ4n) is 2.57. The lowest BCUT2D eigenvalue weighted by Crippen LogP contribution is -2.13. The average molecular weight is 424 g/mol. The summed E-state index contributed by atoms with van der Waals surface area (Å²) in [6, 6.07) is 14.9. The molecule has 0 unspecified atom stereocenters. The predicted octanol–water partition coefficient (Wildman–Crippen LogP) is 5.25. The monoisotopic (exact) mass is 423 g/mol. The van der Waals surface area contributed by atoms with Gasteiger partial charge in [0.05, 0.1) is 7.11 Å². The van der Waals surface area contributed by atoms with Crippen LogP contribution in [0.4, 0.5) is 5.13 Å². The molecule has 0 spiro atoms. The van der Waals surface area contributed by atoms with Gasteiger partial charge in [-0.2, -0.15) is 5.26 Å². The Hall–Kier alpha value is -3.14. The van der Waals surface area contributed by atoms with Crippen molar-refractivity contribution in [2.24, 2.45) is 0 Å². The number of nitrogens with zero attached hydrogens (tertiary/aromatic N) is 2. The molecule has 29 heavy (non-hydrogen) atoms. The Bertz CT molecular complexity index is 1100. The number of hydrogen-bond acceptors (Lipinski definition) is 5. The summed E-state index contributed by atoms with van der Waals surface area (Å²) in [5.41, 5.74) is 2.82. The first kappa shape index (κ1) is 20.6. The molecule has 0 radical (unpaired) electrons. The minimum absolute atomic E-state index is 0.00256. The maximum absolute atomic E-state index is 12.4. The molecule has 0 aliphatic carbocycles. The third-order valence-corrected chi connectivity index (χ3v) is 5.50. The predicted molar refractivity (Wildman–Crippen MR) is 116 cm³/mol. The number of aromatic nitrogens is 1. The maximum Gasteiger partial charge on any atom is 0.268 e. The molecule has 2 aromatic carbocycles. The molecule has 1 N–H and O–H groups in total. The molecule has 0 saturated carbocycles. The van der Waals surface area contributed by atoms with E-state index in [2.05, 4.69) is 10.3 Å². The van der Waals surface area contributed by atoms with Crippen LogP contribution in [-0.4, -0.2) is 18.0 Å². The largest absolute Gasteiger partial charge is 0.497 e. The number of rotatable bonds is 6. The van der Waals surface area contributed by atoms with Crippen LogP contribution in [0.1, 0.15) is 21.6 Å². The molecule has 5 nitrogen and oxygen atoms in total. The third-order valence-electron chi connectivity index (χ3n) is 4.18. The summed E-state index contributed by atoms with van der Waals surface area (Å²) in [6.45, 7) is 1.96. The van der Waals surface area contributed by atoms with E-state index in [0.29, 0.717) is 17.3 Å². The van der Waals surface area contributed by atoms with Gasteiger partial charge < -0.3 is 4.74 Å². The second-order valence-corrected chi connectivity index (χ2v) is 7.81. The molecule has 3 aromatic rings. The molecule has 0 bridgehead atoms. The highest BCUT2D eigenvalue weighted by molar-refractivity contribution is 7.15. The van der Waals surface area contributed by atoms with Gasteiger partial charge in [0.25, 0.3) is 5.91 Å². The van der Waals surface area contributed by atoms with Crippen molar-refractivity contribution in [3.63, 3.8) is 0 Å². The number of nitrogens with one attached hydrogen (secondary N) is 1. The Balaban J connectivity index is 1.68. The highest BCUT2D eigenvalue weighted by Gasteiger charge is 2.12. The first-order chi connectivity index (χ1) is 14.0. The van der Waals surface area contributed by atoms with E-state index in [1.165, 1.54) is 17.4 Å². The van der Waals surface area contributed by atoms with Crippen LogP contribution >= 0.6 is 22.9 Å². The van der Waals surface area contributed by atoms with Crippen molar-refractivity contribution < 1.29 is 9.53 Å². The number of halogens is 1. The van der Waals surface area contributed by atoms with E-state index < -0.39 is 5.91 Å². The van der Waals surface area contributed by atoms with Crippen LogP contribution in [0.2, 0.25) is 5.02 Å². The summed E-state index contributed by atoms with van der Waals surface area (Å²) in [6.07, 6.45) is 3.91. The SMILES string of the molecule is COc1ccc(/C=C(\C#N)C(=O)Nc2ncc(Cc3ccc(C)c(Cl)c3)s2)cc1. The topological polar surface area (TPSA) is 75.0 Å². The van der Waals surface area contributed by atoms with Crippen molar-refractivity contribution in [1.29, 1.82) is 5.26 Å². The number of methoxy groups -OCH3 is 1. The molecule has 3 rings (SSSR count). The summed E-state index contributed by atoms with van der Waals surface area (Å²) in [7, 11) is 1.58. The van der Waals surface area contributed by atoms with Gasteiger partial charge in [0.15, 0.2) is 5.13 Å². The number of hydrogen-bond donors (Lipinski definition) is 1. The number of carbonyl (C=O) groups excluding carboxylic acids is 1. The van der Waals surface area contributed by atoms with E-state index in [1.54, 1.807) is 37.6 Å². The molecular formula is C22H18ClN3O2S. The first-order valence-electron chi connectivity index (χ1n) is 8.75. The van der Waals surface area contributed by atoms with Crippen molar-refractivity contribution in [1.82, 2.24) is 4.98 Å². The lowest BCUT2D eigenvalue weighted by atomic mass is 10.1. The molecule has 146 valence electrons. The molecule has 1 aromatic heterocycles. The van der Waals surface area contributed by atoms with Crippen LogP contribution in [0.15, 0.2) is 54.2 Å². The molecule has 1 heterocycles. The third kappa shape index (κ3) is 5.44. The highest BCUT2D eigenvalue weighted by atomic mass is 35.5. The van der Waals surface area contributed by atoms with Gasteiger partial charge in [0.1, 0.15) is 17.4 Å². The molecule has 0 atom stereocenters. The van der Waals surface area contributed by atoms with Crippen molar-refractivity contribution >= 4 is 40.1 Å². The van der Waals surface area contributed by atoms with Gasteiger partial charge in [-0.25, -0.2) is 4.98 Å². The number of thiazole rings is 1. The van der Waals surface area contributed by atoms with Crippen molar-refractivity contribution in [3.8, 4) is 11.8 Å². The Morgan fingerprint density at radius 3 is 2.72 bits per heavy atom. The van der Waals surface area contributed by atoms with E-state index in [4.69, 9.17) is 16.3 Å². The minimum atomic E-state index is -0.498. The normalized spacial score (nSPS) is 11.0. The maximum atomic E-state index is 12.4. The number of carbonyl (C=O) groups is 1. The van der Waals surface area contributed by atoms with Crippen molar-refractivity contribution in [2.75, 3.05) is 12.4 Å². The lowest BCUT2D eigenvalue weighted by Gasteiger charge is -2.02. The zero-order chi connectivity index (χ0) is 20.8. The van der Waals surface area contributed by atoms with E-state index in [1.807, 2.05) is 31.2 Å². The summed E-state index contributed by atoms with van der Waals surface area (Å²) in [5.74, 6) is 0.206. The summed E-state index contributed by atoms with van der Waals surface area (Å²) < 4.78 is 5.10. The molecule has 0 aliphatic heterocycles. The van der Waals surface area contributed by atoms with E-state index in [-0.39, 0.29) is 5.57 Å². The molecule has 0 saturated heterocycles.